The minimum Gasteiger partial charge on any atom is -0.480 e. The monoisotopic (exact) mass is 279 g/mol. The van der Waals surface area contributed by atoms with Crippen LogP contribution in [0.25, 0.3) is 10.2 Å². The molecule has 2 rings (SSSR count). The maximum atomic E-state index is 12.4. The Morgan fingerprint density at radius 2 is 2.21 bits per heavy atom. The number of hydrogen-bond acceptors (Lipinski definition) is 5. The number of carboxylic acids is 1. The Morgan fingerprint density at radius 1 is 1.47 bits per heavy atom. The van der Waals surface area contributed by atoms with Crippen molar-refractivity contribution in [3.63, 3.8) is 0 Å². The van der Waals surface area contributed by atoms with E-state index in [1.807, 2.05) is 5.38 Å². The highest BCUT2D eigenvalue weighted by Crippen LogP contribution is 2.22. The number of aliphatic carboxylic acids is 1. The second-order valence-corrected chi connectivity index (χ2v) is 4.88. The average Bonchev–Trinajstić information content (AvgIpc) is 2.87. The van der Waals surface area contributed by atoms with Gasteiger partial charge in [-0.15, -0.1) is 11.3 Å². The van der Waals surface area contributed by atoms with Gasteiger partial charge in [0.25, 0.3) is 5.91 Å². The smallest absolute Gasteiger partial charge is 0.326 e. The van der Waals surface area contributed by atoms with Crippen molar-refractivity contribution in [2.75, 3.05) is 6.54 Å². The standard InChI is InChI=1S/C12H13N3O3S/c1-3-15(7(2)12(17)18)11(16)9-10-8(4-5-19-10)13-6-14-9/h4-7H,3H2,1-2H3,(H,17,18). The molecule has 0 aliphatic rings. The molecule has 0 saturated carbocycles. The second-order valence-electron chi connectivity index (χ2n) is 3.96. The zero-order chi connectivity index (χ0) is 14.0. The predicted molar refractivity (Wildman–Crippen MR) is 71.2 cm³/mol. The summed E-state index contributed by atoms with van der Waals surface area (Å²) < 4.78 is 0.684. The van der Waals surface area contributed by atoms with Crippen LogP contribution in [0.2, 0.25) is 0 Å². The zero-order valence-electron chi connectivity index (χ0n) is 10.5. The fourth-order valence-electron chi connectivity index (χ4n) is 1.80. The number of carbonyl (C=O) groups excluding carboxylic acids is 1. The first-order chi connectivity index (χ1) is 9.06. The van der Waals surface area contributed by atoms with Crippen LogP contribution in [-0.4, -0.2) is 44.4 Å². The third-order valence-electron chi connectivity index (χ3n) is 2.87. The van der Waals surface area contributed by atoms with Crippen LogP contribution in [0.3, 0.4) is 0 Å². The Hall–Kier alpha value is -2.02. The molecule has 0 radical (unpaired) electrons. The summed E-state index contributed by atoms with van der Waals surface area (Å²) in [5.41, 5.74) is 0.956. The van der Waals surface area contributed by atoms with Crippen LogP contribution >= 0.6 is 11.3 Å². The number of amides is 1. The molecule has 0 aromatic carbocycles. The molecule has 2 heterocycles. The summed E-state index contributed by atoms with van der Waals surface area (Å²) in [6.45, 7) is 3.53. The molecule has 0 fully saturated rings. The summed E-state index contributed by atoms with van der Waals surface area (Å²) >= 11 is 1.37. The molecule has 1 atom stereocenters. The molecule has 100 valence electrons. The van der Waals surface area contributed by atoms with Crippen LogP contribution in [-0.2, 0) is 4.79 Å². The molecule has 2 aromatic heterocycles. The molecule has 0 saturated heterocycles. The van der Waals surface area contributed by atoms with Gasteiger partial charge in [-0.3, -0.25) is 4.79 Å². The molecule has 0 aliphatic carbocycles. The zero-order valence-corrected chi connectivity index (χ0v) is 11.3. The van der Waals surface area contributed by atoms with Crippen LogP contribution < -0.4 is 0 Å². The van der Waals surface area contributed by atoms with E-state index in [1.54, 1.807) is 13.0 Å². The summed E-state index contributed by atoms with van der Waals surface area (Å²) in [5.74, 6) is -1.42. The van der Waals surface area contributed by atoms with Gasteiger partial charge in [0.2, 0.25) is 0 Å². The number of hydrogen-bond donors (Lipinski definition) is 1. The van der Waals surface area contributed by atoms with Crippen molar-refractivity contribution in [3.8, 4) is 0 Å². The molecule has 1 amide bonds. The number of thiophene rings is 1. The molecular weight excluding hydrogens is 266 g/mol. The van der Waals surface area contributed by atoms with Gasteiger partial charge in [0.05, 0.1) is 10.2 Å². The van der Waals surface area contributed by atoms with E-state index in [0.717, 1.165) is 0 Å². The second kappa shape index (κ2) is 5.31. The van der Waals surface area contributed by atoms with Crippen LogP contribution in [0.4, 0.5) is 0 Å². The quantitative estimate of drug-likeness (QED) is 0.919. The van der Waals surface area contributed by atoms with Crippen molar-refractivity contribution < 1.29 is 14.7 Å². The maximum Gasteiger partial charge on any atom is 0.326 e. The molecule has 1 N–H and O–H groups in total. The molecule has 0 aliphatic heterocycles. The van der Waals surface area contributed by atoms with E-state index in [9.17, 15) is 9.59 Å². The van der Waals surface area contributed by atoms with Gasteiger partial charge in [-0.05, 0) is 25.3 Å². The Labute approximate surface area is 113 Å². The fourth-order valence-corrected chi connectivity index (χ4v) is 2.63. The maximum absolute atomic E-state index is 12.4. The summed E-state index contributed by atoms with van der Waals surface area (Å²) in [7, 11) is 0. The Kier molecular flexibility index (Phi) is 3.75. The van der Waals surface area contributed by atoms with Crippen molar-refractivity contribution in [3.05, 3.63) is 23.5 Å². The van der Waals surface area contributed by atoms with Gasteiger partial charge < -0.3 is 10.0 Å². The van der Waals surface area contributed by atoms with E-state index in [2.05, 4.69) is 9.97 Å². The average molecular weight is 279 g/mol. The molecule has 1 unspecified atom stereocenters. The topological polar surface area (TPSA) is 83.4 Å². The number of fused-ring (bicyclic) bond motifs is 1. The van der Waals surface area contributed by atoms with Crippen molar-refractivity contribution >= 4 is 33.4 Å². The first-order valence-electron chi connectivity index (χ1n) is 5.78. The summed E-state index contributed by atoms with van der Waals surface area (Å²) in [4.78, 5) is 32.8. The number of carbonyl (C=O) groups is 2. The van der Waals surface area contributed by atoms with E-state index < -0.39 is 12.0 Å². The van der Waals surface area contributed by atoms with E-state index in [4.69, 9.17) is 5.11 Å². The highest BCUT2D eigenvalue weighted by atomic mass is 32.1. The highest BCUT2D eigenvalue weighted by Gasteiger charge is 2.27. The van der Waals surface area contributed by atoms with E-state index in [0.29, 0.717) is 16.8 Å². The molecule has 19 heavy (non-hydrogen) atoms. The van der Waals surface area contributed by atoms with Gasteiger partial charge in [-0.2, -0.15) is 0 Å². The lowest BCUT2D eigenvalue weighted by Gasteiger charge is -2.24. The van der Waals surface area contributed by atoms with Crippen molar-refractivity contribution in [2.45, 2.75) is 19.9 Å². The van der Waals surface area contributed by atoms with Gasteiger partial charge in [-0.25, -0.2) is 14.8 Å². The Morgan fingerprint density at radius 3 is 2.84 bits per heavy atom. The van der Waals surface area contributed by atoms with Gasteiger partial charge >= 0.3 is 5.97 Å². The fraction of sp³-hybridized carbons (Fsp3) is 0.333. The molecule has 6 nitrogen and oxygen atoms in total. The summed E-state index contributed by atoms with van der Waals surface area (Å²) in [5, 5.41) is 10.9. The summed E-state index contributed by atoms with van der Waals surface area (Å²) in [6.07, 6.45) is 1.32. The van der Waals surface area contributed by atoms with Gasteiger partial charge in [0, 0.05) is 6.54 Å². The third-order valence-corrected chi connectivity index (χ3v) is 3.78. The lowest BCUT2D eigenvalue weighted by atomic mass is 10.2. The van der Waals surface area contributed by atoms with Crippen molar-refractivity contribution in [2.24, 2.45) is 0 Å². The highest BCUT2D eigenvalue weighted by molar-refractivity contribution is 7.17. The minimum absolute atomic E-state index is 0.259. The number of carboxylic acid groups (broad SMARTS) is 1. The molecule has 2 aromatic rings. The third kappa shape index (κ3) is 2.41. The van der Waals surface area contributed by atoms with E-state index >= 15 is 0 Å². The van der Waals surface area contributed by atoms with Crippen LogP contribution in [0.1, 0.15) is 24.3 Å². The SMILES string of the molecule is CCN(C(=O)c1ncnc2ccsc12)C(C)C(=O)O. The minimum atomic E-state index is -1.04. The van der Waals surface area contributed by atoms with E-state index in [-0.39, 0.29) is 11.6 Å². The lowest BCUT2D eigenvalue weighted by molar-refractivity contribution is -0.141. The first-order valence-corrected chi connectivity index (χ1v) is 6.66. The van der Waals surface area contributed by atoms with Gasteiger partial charge in [0.1, 0.15) is 18.1 Å². The van der Waals surface area contributed by atoms with Gasteiger partial charge in [0.15, 0.2) is 0 Å². The van der Waals surface area contributed by atoms with Gasteiger partial charge in [-0.1, -0.05) is 0 Å². The van der Waals surface area contributed by atoms with Crippen LogP contribution in [0.15, 0.2) is 17.8 Å². The van der Waals surface area contributed by atoms with Crippen LogP contribution in [0.5, 0.6) is 0 Å². The van der Waals surface area contributed by atoms with Crippen molar-refractivity contribution in [1.82, 2.24) is 14.9 Å². The Balaban J connectivity index is 2.42. The number of aromatic nitrogens is 2. The largest absolute Gasteiger partial charge is 0.480 e. The lowest BCUT2D eigenvalue weighted by Crippen LogP contribution is -2.43. The number of nitrogens with zero attached hydrogens (tertiary/aromatic N) is 3. The molecule has 0 spiro atoms. The number of likely N-dealkylation sites (N-methyl/N-ethyl adjacent to an activating group) is 1. The molecule has 7 heteroatoms. The molecule has 0 bridgehead atoms. The number of rotatable bonds is 4. The first kappa shape index (κ1) is 13.4. The normalized spacial score (nSPS) is 12.3. The van der Waals surface area contributed by atoms with E-state index in [1.165, 1.54) is 29.5 Å². The summed E-state index contributed by atoms with van der Waals surface area (Å²) in [6, 6.07) is 0.914. The molecular formula is C12H13N3O3S. The Bertz CT molecular complexity index is 625. The predicted octanol–water partition coefficient (Wildman–Crippen LogP) is 1.63. The van der Waals surface area contributed by atoms with Crippen LogP contribution in [0, 0.1) is 0 Å². The van der Waals surface area contributed by atoms with Crippen molar-refractivity contribution in [1.29, 1.82) is 0 Å².